The molecule has 0 bridgehead atoms. The Kier molecular flexibility index (Phi) is 4.99. The summed E-state index contributed by atoms with van der Waals surface area (Å²) in [7, 11) is 1.67. The van der Waals surface area contributed by atoms with E-state index in [0.29, 0.717) is 0 Å². The molecule has 16 heavy (non-hydrogen) atoms. The lowest BCUT2D eigenvalue weighted by molar-refractivity contribution is -0.123. The molecule has 0 spiro atoms. The van der Waals surface area contributed by atoms with Crippen LogP contribution in [0.1, 0.15) is 19.4 Å². The van der Waals surface area contributed by atoms with Crippen molar-refractivity contribution in [2.75, 3.05) is 7.05 Å². The van der Waals surface area contributed by atoms with E-state index in [2.05, 4.69) is 10.6 Å². The van der Waals surface area contributed by atoms with Crippen molar-refractivity contribution in [1.82, 2.24) is 10.6 Å². The first-order chi connectivity index (χ1) is 7.65. The second-order valence-corrected chi connectivity index (χ2v) is 4.20. The lowest BCUT2D eigenvalue weighted by Crippen LogP contribution is -2.45. The first kappa shape index (κ1) is 12.7. The lowest BCUT2D eigenvalue weighted by atomic mass is 10.0. The minimum absolute atomic E-state index is 0.0472. The minimum atomic E-state index is -0.134. The van der Waals surface area contributed by atoms with E-state index in [0.717, 1.165) is 6.54 Å². The highest BCUT2D eigenvalue weighted by Gasteiger charge is 2.19. The van der Waals surface area contributed by atoms with Gasteiger partial charge in [-0.2, -0.15) is 0 Å². The van der Waals surface area contributed by atoms with Crippen LogP contribution in [-0.4, -0.2) is 19.0 Å². The van der Waals surface area contributed by atoms with E-state index in [1.165, 1.54) is 5.56 Å². The summed E-state index contributed by atoms with van der Waals surface area (Å²) < 4.78 is 0. The first-order valence-electron chi connectivity index (χ1n) is 5.64. The van der Waals surface area contributed by atoms with Crippen LogP contribution < -0.4 is 10.6 Å². The lowest BCUT2D eigenvalue weighted by Gasteiger charge is -2.20. The number of carbonyl (C=O) groups is 1. The maximum Gasteiger partial charge on any atom is 0.237 e. The Labute approximate surface area is 97.2 Å². The van der Waals surface area contributed by atoms with Crippen molar-refractivity contribution >= 4 is 5.91 Å². The summed E-state index contributed by atoms with van der Waals surface area (Å²) in [6.45, 7) is 4.80. The second-order valence-electron chi connectivity index (χ2n) is 4.20. The summed E-state index contributed by atoms with van der Waals surface area (Å²) in [4.78, 5) is 11.6. The predicted molar refractivity (Wildman–Crippen MR) is 66.0 cm³/mol. The summed E-state index contributed by atoms with van der Waals surface area (Å²) >= 11 is 0. The van der Waals surface area contributed by atoms with E-state index >= 15 is 0 Å². The third-order valence-electron chi connectivity index (χ3n) is 2.56. The van der Waals surface area contributed by atoms with Crippen molar-refractivity contribution in [3.8, 4) is 0 Å². The number of carbonyl (C=O) groups excluding carboxylic acids is 1. The third-order valence-corrected chi connectivity index (χ3v) is 2.56. The number of hydrogen-bond acceptors (Lipinski definition) is 2. The summed E-state index contributed by atoms with van der Waals surface area (Å²) in [5, 5.41) is 5.96. The highest BCUT2D eigenvalue weighted by molar-refractivity contribution is 5.81. The zero-order chi connectivity index (χ0) is 12.0. The molecule has 1 aromatic carbocycles. The average molecular weight is 220 g/mol. The fourth-order valence-electron chi connectivity index (χ4n) is 1.61. The molecule has 1 rings (SSSR count). The summed E-state index contributed by atoms with van der Waals surface area (Å²) in [5.74, 6) is 0.328. The number of hydrogen-bond donors (Lipinski definition) is 2. The first-order valence-corrected chi connectivity index (χ1v) is 5.64. The van der Waals surface area contributed by atoms with Crippen LogP contribution in [0.3, 0.4) is 0 Å². The van der Waals surface area contributed by atoms with E-state index in [1.807, 2.05) is 44.2 Å². The molecule has 0 saturated carbocycles. The van der Waals surface area contributed by atoms with E-state index in [-0.39, 0.29) is 17.9 Å². The molecule has 2 N–H and O–H groups in total. The molecule has 1 atom stereocenters. The summed E-state index contributed by atoms with van der Waals surface area (Å²) in [6, 6.07) is 9.96. The van der Waals surface area contributed by atoms with Gasteiger partial charge in [0.25, 0.3) is 0 Å². The van der Waals surface area contributed by atoms with Gasteiger partial charge in [-0.25, -0.2) is 0 Å². The molecule has 3 heteroatoms. The van der Waals surface area contributed by atoms with Gasteiger partial charge >= 0.3 is 0 Å². The van der Waals surface area contributed by atoms with E-state index in [1.54, 1.807) is 7.05 Å². The van der Waals surface area contributed by atoms with Crippen LogP contribution in [0.4, 0.5) is 0 Å². The van der Waals surface area contributed by atoms with Gasteiger partial charge in [-0.15, -0.1) is 0 Å². The molecule has 0 aromatic heterocycles. The number of likely N-dealkylation sites (N-methyl/N-ethyl adjacent to an activating group) is 1. The van der Waals surface area contributed by atoms with Crippen molar-refractivity contribution in [2.45, 2.75) is 26.4 Å². The Morgan fingerprint density at radius 1 is 1.25 bits per heavy atom. The smallest absolute Gasteiger partial charge is 0.237 e. The fraction of sp³-hybridized carbons (Fsp3) is 0.462. The standard InChI is InChI=1S/C13H20N2O/c1-10(2)12(13(16)14-3)15-9-11-7-5-4-6-8-11/h4-8,10,12,15H,9H2,1-3H3,(H,14,16)/t12-/m0/s1. The van der Waals surface area contributed by atoms with Gasteiger partial charge < -0.3 is 10.6 Å². The molecule has 0 fully saturated rings. The maximum absolute atomic E-state index is 11.6. The number of rotatable bonds is 5. The largest absolute Gasteiger partial charge is 0.358 e. The van der Waals surface area contributed by atoms with E-state index < -0.39 is 0 Å². The Hall–Kier alpha value is -1.35. The van der Waals surface area contributed by atoms with Gasteiger partial charge in [0.2, 0.25) is 5.91 Å². The normalized spacial score (nSPS) is 12.5. The monoisotopic (exact) mass is 220 g/mol. The molecule has 0 aliphatic rings. The van der Waals surface area contributed by atoms with Gasteiger partial charge in [-0.05, 0) is 11.5 Å². The molecule has 0 saturated heterocycles. The molecule has 1 aromatic rings. The van der Waals surface area contributed by atoms with Crippen molar-refractivity contribution in [2.24, 2.45) is 5.92 Å². The van der Waals surface area contributed by atoms with Crippen LogP contribution in [-0.2, 0) is 11.3 Å². The molecular weight excluding hydrogens is 200 g/mol. The van der Waals surface area contributed by atoms with Crippen molar-refractivity contribution in [3.05, 3.63) is 35.9 Å². The number of nitrogens with one attached hydrogen (secondary N) is 2. The van der Waals surface area contributed by atoms with Crippen molar-refractivity contribution in [3.63, 3.8) is 0 Å². The maximum atomic E-state index is 11.6. The van der Waals surface area contributed by atoms with Crippen molar-refractivity contribution < 1.29 is 4.79 Å². The highest BCUT2D eigenvalue weighted by Crippen LogP contribution is 2.04. The zero-order valence-corrected chi connectivity index (χ0v) is 10.2. The molecule has 0 aliphatic carbocycles. The predicted octanol–water partition coefficient (Wildman–Crippen LogP) is 1.55. The van der Waals surface area contributed by atoms with Crippen LogP contribution in [0.2, 0.25) is 0 Å². The van der Waals surface area contributed by atoms with E-state index in [9.17, 15) is 4.79 Å². The van der Waals surface area contributed by atoms with Crippen molar-refractivity contribution in [1.29, 1.82) is 0 Å². The quantitative estimate of drug-likeness (QED) is 0.790. The highest BCUT2D eigenvalue weighted by atomic mass is 16.2. The number of benzene rings is 1. The van der Waals surface area contributed by atoms with Crippen LogP contribution >= 0.6 is 0 Å². The SMILES string of the molecule is CNC(=O)[C@@H](NCc1ccccc1)C(C)C. The topological polar surface area (TPSA) is 41.1 Å². The van der Waals surface area contributed by atoms with Gasteiger partial charge in [0.1, 0.15) is 0 Å². The molecule has 0 radical (unpaired) electrons. The van der Waals surface area contributed by atoms with Crippen LogP contribution in [0.25, 0.3) is 0 Å². The van der Waals surface area contributed by atoms with Gasteiger partial charge in [0, 0.05) is 13.6 Å². The molecule has 3 nitrogen and oxygen atoms in total. The van der Waals surface area contributed by atoms with Crippen LogP contribution in [0.5, 0.6) is 0 Å². The Morgan fingerprint density at radius 3 is 2.38 bits per heavy atom. The van der Waals surface area contributed by atoms with Gasteiger partial charge in [-0.1, -0.05) is 44.2 Å². The molecular formula is C13H20N2O. The van der Waals surface area contributed by atoms with Crippen LogP contribution in [0.15, 0.2) is 30.3 Å². The van der Waals surface area contributed by atoms with Crippen LogP contribution in [0, 0.1) is 5.92 Å². The summed E-state index contributed by atoms with van der Waals surface area (Å²) in [6.07, 6.45) is 0. The Morgan fingerprint density at radius 2 is 1.88 bits per heavy atom. The Bertz CT molecular complexity index is 322. The Balaban J connectivity index is 2.54. The van der Waals surface area contributed by atoms with Gasteiger partial charge in [-0.3, -0.25) is 4.79 Å². The summed E-state index contributed by atoms with van der Waals surface area (Å²) in [5.41, 5.74) is 1.19. The van der Waals surface area contributed by atoms with Gasteiger partial charge in [0.05, 0.1) is 6.04 Å². The van der Waals surface area contributed by atoms with E-state index in [4.69, 9.17) is 0 Å². The van der Waals surface area contributed by atoms with Gasteiger partial charge in [0.15, 0.2) is 0 Å². The molecule has 0 aliphatic heterocycles. The fourth-order valence-corrected chi connectivity index (χ4v) is 1.61. The molecule has 1 amide bonds. The molecule has 0 unspecified atom stereocenters. The molecule has 88 valence electrons. The zero-order valence-electron chi connectivity index (χ0n) is 10.2. The second kappa shape index (κ2) is 6.28. The number of amides is 1. The average Bonchev–Trinajstić information content (AvgIpc) is 2.30. The minimum Gasteiger partial charge on any atom is -0.358 e. The molecule has 0 heterocycles. The third kappa shape index (κ3) is 3.66.